The Balaban J connectivity index is 1.80. The maximum absolute atomic E-state index is 5.39. The molecule has 1 unspecified atom stereocenters. The molecule has 0 aromatic heterocycles. The van der Waals surface area contributed by atoms with Gasteiger partial charge in [-0.15, -0.1) is 0 Å². The van der Waals surface area contributed by atoms with Gasteiger partial charge in [0.05, 0.1) is 7.11 Å². The predicted molar refractivity (Wildman–Crippen MR) is 91.4 cm³/mol. The third-order valence-corrected chi connectivity index (χ3v) is 4.81. The van der Waals surface area contributed by atoms with E-state index in [1.165, 1.54) is 28.1 Å². The smallest absolute Gasteiger partial charge is 0.119 e. The van der Waals surface area contributed by atoms with Crippen LogP contribution in [0.2, 0.25) is 0 Å². The molecule has 1 aliphatic heterocycles. The molecule has 0 N–H and O–H groups in total. The van der Waals surface area contributed by atoms with Crippen molar-refractivity contribution in [2.24, 2.45) is 0 Å². The third kappa shape index (κ3) is 2.02. The van der Waals surface area contributed by atoms with Crippen LogP contribution in [0.4, 0.5) is 5.69 Å². The molecule has 1 heterocycles. The first kappa shape index (κ1) is 13.4. The Morgan fingerprint density at radius 3 is 2.82 bits per heavy atom. The van der Waals surface area contributed by atoms with E-state index in [2.05, 4.69) is 60.4 Å². The summed E-state index contributed by atoms with van der Waals surface area (Å²) < 4.78 is 5.39. The average Bonchev–Trinajstić information content (AvgIpc) is 2.89. The average molecular weight is 291 g/mol. The van der Waals surface area contributed by atoms with E-state index >= 15 is 0 Å². The normalized spacial score (nSPS) is 19.5. The molecule has 0 bridgehead atoms. The van der Waals surface area contributed by atoms with Crippen molar-refractivity contribution < 1.29 is 4.74 Å². The molecule has 2 aromatic carbocycles. The minimum absolute atomic E-state index is 0.511. The Hall–Kier alpha value is -2.22. The molecule has 0 fully saturated rings. The Morgan fingerprint density at radius 1 is 1.09 bits per heavy atom. The number of hydrogen-bond donors (Lipinski definition) is 0. The first-order chi connectivity index (χ1) is 10.8. The summed E-state index contributed by atoms with van der Waals surface area (Å²) in [6.07, 6.45) is 5.72. The van der Waals surface area contributed by atoms with Crippen molar-refractivity contribution in [1.82, 2.24) is 0 Å². The number of nitrogens with zero attached hydrogens (tertiary/aromatic N) is 1. The standard InChI is InChI=1S/C20H21NO/c1-14-12-16-6-3-4-8-19(16)21(14)20-9-5-7-15-13-17(22-2)10-11-18(15)20/h3-4,6,8-11,13-14H,5,7,12H2,1-2H3. The summed E-state index contributed by atoms with van der Waals surface area (Å²) in [5.74, 6) is 0.954. The van der Waals surface area contributed by atoms with Crippen molar-refractivity contribution in [2.75, 3.05) is 12.0 Å². The van der Waals surface area contributed by atoms with Gasteiger partial charge in [-0.1, -0.05) is 24.3 Å². The third-order valence-electron chi connectivity index (χ3n) is 4.81. The second-order valence-electron chi connectivity index (χ2n) is 6.20. The van der Waals surface area contributed by atoms with Crippen LogP contribution in [-0.4, -0.2) is 13.2 Å². The minimum Gasteiger partial charge on any atom is -0.497 e. The van der Waals surface area contributed by atoms with Crippen molar-refractivity contribution >= 4 is 11.4 Å². The zero-order chi connectivity index (χ0) is 15.1. The van der Waals surface area contributed by atoms with Crippen LogP contribution in [0.25, 0.3) is 5.70 Å². The molecular formula is C20H21NO. The lowest BCUT2D eigenvalue weighted by Crippen LogP contribution is -2.29. The topological polar surface area (TPSA) is 12.5 Å². The molecule has 0 spiro atoms. The van der Waals surface area contributed by atoms with Crippen LogP contribution in [-0.2, 0) is 12.8 Å². The van der Waals surface area contributed by atoms with Crippen LogP contribution in [0.15, 0.2) is 48.5 Å². The summed E-state index contributed by atoms with van der Waals surface area (Å²) >= 11 is 0. The Bertz CT molecular complexity index is 747. The lowest BCUT2D eigenvalue weighted by atomic mass is 9.93. The second-order valence-corrected chi connectivity index (χ2v) is 6.20. The summed E-state index contributed by atoms with van der Waals surface area (Å²) in [6.45, 7) is 2.32. The summed E-state index contributed by atoms with van der Waals surface area (Å²) in [5.41, 5.74) is 6.94. The van der Waals surface area contributed by atoms with Gasteiger partial charge >= 0.3 is 0 Å². The zero-order valence-electron chi connectivity index (χ0n) is 13.2. The number of benzene rings is 2. The molecular weight excluding hydrogens is 270 g/mol. The Labute approximate surface area is 132 Å². The largest absolute Gasteiger partial charge is 0.497 e. The summed E-state index contributed by atoms with van der Waals surface area (Å²) in [4.78, 5) is 2.51. The molecule has 1 atom stereocenters. The molecule has 0 radical (unpaired) electrons. The fourth-order valence-corrected chi connectivity index (χ4v) is 3.79. The van der Waals surface area contributed by atoms with Crippen LogP contribution in [0, 0.1) is 0 Å². The van der Waals surface area contributed by atoms with Gasteiger partial charge in [0.1, 0.15) is 5.75 Å². The number of aryl methyl sites for hydroxylation is 1. The summed E-state index contributed by atoms with van der Waals surface area (Å²) in [7, 11) is 1.74. The quantitative estimate of drug-likeness (QED) is 0.811. The summed E-state index contributed by atoms with van der Waals surface area (Å²) in [6, 6.07) is 15.8. The van der Waals surface area contributed by atoms with E-state index in [1.54, 1.807) is 7.11 Å². The molecule has 2 aliphatic rings. The van der Waals surface area contributed by atoms with Crippen molar-refractivity contribution in [3.63, 3.8) is 0 Å². The first-order valence-corrected chi connectivity index (χ1v) is 8.02. The van der Waals surface area contributed by atoms with Gasteiger partial charge in [0.15, 0.2) is 0 Å². The maximum atomic E-state index is 5.39. The van der Waals surface area contributed by atoms with Crippen LogP contribution >= 0.6 is 0 Å². The number of para-hydroxylation sites is 1. The number of anilines is 1. The van der Waals surface area contributed by atoms with Crippen molar-refractivity contribution in [3.8, 4) is 5.75 Å². The van der Waals surface area contributed by atoms with Crippen molar-refractivity contribution in [3.05, 3.63) is 65.2 Å². The van der Waals surface area contributed by atoms with Gasteiger partial charge in [-0.2, -0.15) is 0 Å². The van der Waals surface area contributed by atoms with E-state index in [0.717, 1.165) is 25.0 Å². The Morgan fingerprint density at radius 2 is 1.95 bits per heavy atom. The van der Waals surface area contributed by atoms with Gasteiger partial charge in [0, 0.05) is 23.0 Å². The van der Waals surface area contributed by atoms with Crippen LogP contribution in [0.5, 0.6) is 5.75 Å². The molecule has 2 heteroatoms. The van der Waals surface area contributed by atoms with Crippen LogP contribution in [0.1, 0.15) is 30.0 Å². The van der Waals surface area contributed by atoms with E-state index in [4.69, 9.17) is 4.74 Å². The SMILES string of the molecule is COc1ccc2c(c1)CCC=C2N1c2ccccc2CC1C. The van der Waals surface area contributed by atoms with E-state index < -0.39 is 0 Å². The Kier molecular flexibility index (Phi) is 3.18. The fourth-order valence-electron chi connectivity index (χ4n) is 3.79. The number of rotatable bonds is 2. The number of methoxy groups -OCH3 is 1. The fraction of sp³-hybridized carbons (Fsp3) is 0.300. The van der Waals surface area contributed by atoms with Gasteiger partial charge < -0.3 is 9.64 Å². The van der Waals surface area contributed by atoms with Crippen molar-refractivity contribution in [1.29, 1.82) is 0 Å². The number of hydrogen-bond acceptors (Lipinski definition) is 2. The van der Waals surface area contributed by atoms with E-state index in [1.807, 2.05) is 0 Å². The predicted octanol–water partition coefficient (Wildman–Crippen LogP) is 4.43. The molecule has 2 aromatic rings. The lowest BCUT2D eigenvalue weighted by Gasteiger charge is -2.31. The molecule has 22 heavy (non-hydrogen) atoms. The zero-order valence-corrected chi connectivity index (χ0v) is 13.2. The van der Waals surface area contributed by atoms with Gasteiger partial charge in [-0.3, -0.25) is 0 Å². The van der Waals surface area contributed by atoms with Gasteiger partial charge in [-0.25, -0.2) is 0 Å². The molecule has 112 valence electrons. The van der Waals surface area contributed by atoms with Gasteiger partial charge in [0.25, 0.3) is 0 Å². The van der Waals surface area contributed by atoms with E-state index in [9.17, 15) is 0 Å². The molecule has 1 aliphatic carbocycles. The highest BCUT2D eigenvalue weighted by atomic mass is 16.5. The van der Waals surface area contributed by atoms with E-state index in [-0.39, 0.29) is 0 Å². The molecule has 0 saturated heterocycles. The molecule has 2 nitrogen and oxygen atoms in total. The van der Waals surface area contributed by atoms with Gasteiger partial charge in [-0.05, 0) is 61.6 Å². The van der Waals surface area contributed by atoms with E-state index in [0.29, 0.717) is 6.04 Å². The second kappa shape index (κ2) is 5.20. The molecule has 0 amide bonds. The first-order valence-electron chi connectivity index (χ1n) is 8.02. The van der Waals surface area contributed by atoms with Crippen LogP contribution in [0.3, 0.4) is 0 Å². The summed E-state index contributed by atoms with van der Waals surface area (Å²) in [5, 5.41) is 0. The van der Waals surface area contributed by atoms with Crippen molar-refractivity contribution in [2.45, 2.75) is 32.2 Å². The highest BCUT2D eigenvalue weighted by molar-refractivity contribution is 5.85. The number of allylic oxidation sites excluding steroid dienone is 1. The highest BCUT2D eigenvalue weighted by Crippen LogP contribution is 2.41. The minimum atomic E-state index is 0.511. The monoisotopic (exact) mass is 291 g/mol. The number of ether oxygens (including phenoxy) is 1. The molecule has 0 saturated carbocycles. The van der Waals surface area contributed by atoms with Crippen LogP contribution < -0.4 is 9.64 Å². The van der Waals surface area contributed by atoms with Gasteiger partial charge in [0.2, 0.25) is 0 Å². The molecule has 4 rings (SSSR count). The highest BCUT2D eigenvalue weighted by Gasteiger charge is 2.30. The number of fused-ring (bicyclic) bond motifs is 2. The maximum Gasteiger partial charge on any atom is 0.119 e. The lowest BCUT2D eigenvalue weighted by molar-refractivity contribution is 0.414.